The Kier molecular flexibility index (Phi) is 6.68. The average Bonchev–Trinajstić information content (AvgIpc) is 2.82. The van der Waals surface area contributed by atoms with Crippen LogP contribution in [0.1, 0.15) is 10.4 Å². The van der Waals surface area contributed by atoms with Crippen LogP contribution in [0.5, 0.6) is 11.5 Å². The molecule has 0 fully saturated rings. The summed E-state index contributed by atoms with van der Waals surface area (Å²) in [6.45, 7) is 0. The fourth-order valence-corrected chi connectivity index (χ4v) is 3.07. The molecule has 0 atom stereocenters. The molecule has 166 valence electrons. The number of esters is 1. The molecular formula is C21H21N5O6. The van der Waals surface area contributed by atoms with Gasteiger partial charge in [-0.3, -0.25) is 10.1 Å². The monoisotopic (exact) mass is 439 g/mol. The first kappa shape index (κ1) is 22.3. The summed E-state index contributed by atoms with van der Waals surface area (Å²) in [5.41, 5.74) is 0.678. The van der Waals surface area contributed by atoms with Gasteiger partial charge in [-0.25, -0.2) is 14.8 Å². The highest BCUT2D eigenvalue weighted by atomic mass is 16.6. The summed E-state index contributed by atoms with van der Waals surface area (Å²) in [5.74, 6) is 0.320. The first-order valence-electron chi connectivity index (χ1n) is 9.30. The fourth-order valence-electron chi connectivity index (χ4n) is 3.07. The van der Waals surface area contributed by atoms with E-state index >= 15 is 0 Å². The number of nitrogens with one attached hydrogen (secondary N) is 1. The zero-order valence-corrected chi connectivity index (χ0v) is 17.9. The predicted octanol–water partition coefficient (Wildman–Crippen LogP) is 3.70. The second-order valence-electron chi connectivity index (χ2n) is 6.41. The Morgan fingerprint density at radius 1 is 1.09 bits per heavy atom. The van der Waals surface area contributed by atoms with E-state index in [1.165, 1.54) is 32.6 Å². The summed E-state index contributed by atoms with van der Waals surface area (Å²) >= 11 is 0. The average molecular weight is 439 g/mol. The molecule has 3 aromatic rings. The van der Waals surface area contributed by atoms with Gasteiger partial charge < -0.3 is 24.4 Å². The fraction of sp³-hybridized carbons (Fsp3) is 0.190. The number of aromatic nitrogens is 2. The standard InChI is InChI=1S/C21H21N5O6/c1-25(16-8-6-5-7-14(16)21(27)32-4)20-18(26(28)29)19(22-12-23-20)24-15-10-9-13(30-2)11-17(15)31-3/h5-12H,1-4H3,(H,22,23,24). The van der Waals surface area contributed by atoms with Crippen LogP contribution in [0.2, 0.25) is 0 Å². The Morgan fingerprint density at radius 2 is 1.84 bits per heavy atom. The van der Waals surface area contributed by atoms with Crippen LogP contribution >= 0.6 is 0 Å². The van der Waals surface area contributed by atoms with Gasteiger partial charge in [0.15, 0.2) is 0 Å². The number of anilines is 4. The largest absolute Gasteiger partial charge is 0.497 e. The number of carbonyl (C=O) groups is 1. The zero-order valence-electron chi connectivity index (χ0n) is 17.9. The van der Waals surface area contributed by atoms with E-state index in [1.807, 2.05) is 0 Å². The quantitative estimate of drug-likeness (QED) is 0.315. The molecule has 0 unspecified atom stereocenters. The highest BCUT2D eigenvalue weighted by Crippen LogP contribution is 2.39. The first-order valence-corrected chi connectivity index (χ1v) is 9.30. The molecule has 3 rings (SSSR count). The Balaban J connectivity index is 2.09. The van der Waals surface area contributed by atoms with Crippen molar-refractivity contribution in [3.8, 4) is 11.5 Å². The number of hydrogen-bond acceptors (Lipinski definition) is 10. The molecule has 0 saturated carbocycles. The molecule has 2 aromatic carbocycles. The SMILES string of the molecule is COC(=O)c1ccccc1N(C)c1ncnc(Nc2ccc(OC)cc2OC)c1[N+](=O)[O-]. The minimum absolute atomic E-state index is 0.0173. The van der Waals surface area contributed by atoms with Crippen molar-refractivity contribution in [1.82, 2.24) is 9.97 Å². The van der Waals surface area contributed by atoms with Crippen molar-refractivity contribution in [3.05, 3.63) is 64.5 Å². The van der Waals surface area contributed by atoms with Gasteiger partial charge in [-0.05, 0) is 24.3 Å². The Hall–Kier alpha value is -4.41. The third kappa shape index (κ3) is 4.36. The zero-order chi connectivity index (χ0) is 23.3. The van der Waals surface area contributed by atoms with Gasteiger partial charge in [0.1, 0.15) is 17.8 Å². The molecule has 11 nitrogen and oxygen atoms in total. The predicted molar refractivity (Wildman–Crippen MR) is 117 cm³/mol. The maximum atomic E-state index is 12.2. The van der Waals surface area contributed by atoms with Crippen molar-refractivity contribution in [2.75, 3.05) is 38.6 Å². The lowest BCUT2D eigenvalue weighted by molar-refractivity contribution is -0.383. The van der Waals surface area contributed by atoms with Crippen molar-refractivity contribution < 1.29 is 23.9 Å². The summed E-state index contributed by atoms with van der Waals surface area (Å²) < 4.78 is 15.3. The number of nitro groups is 1. The van der Waals surface area contributed by atoms with Crippen LogP contribution in [0.25, 0.3) is 0 Å². The second-order valence-corrected chi connectivity index (χ2v) is 6.41. The van der Waals surface area contributed by atoms with E-state index in [0.29, 0.717) is 22.9 Å². The number of carbonyl (C=O) groups excluding carboxylic acids is 1. The summed E-state index contributed by atoms with van der Waals surface area (Å²) in [5, 5.41) is 14.9. The lowest BCUT2D eigenvalue weighted by Gasteiger charge is -2.21. The molecule has 0 aliphatic heterocycles. The van der Waals surface area contributed by atoms with Crippen LogP contribution in [0, 0.1) is 10.1 Å². The van der Waals surface area contributed by atoms with Crippen molar-refractivity contribution in [2.24, 2.45) is 0 Å². The lowest BCUT2D eigenvalue weighted by atomic mass is 10.1. The Morgan fingerprint density at radius 3 is 2.50 bits per heavy atom. The van der Waals surface area contributed by atoms with Crippen LogP contribution in [0.4, 0.5) is 28.7 Å². The highest BCUT2D eigenvalue weighted by Gasteiger charge is 2.28. The van der Waals surface area contributed by atoms with Gasteiger partial charge >= 0.3 is 11.7 Å². The minimum Gasteiger partial charge on any atom is -0.497 e. The van der Waals surface area contributed by atoms with E-state index in [4.69, 9.17) is 14.2 Å². The van der Waals surface area contributed by atoms with E-state index in [-0.39, 0.29) is 22.9 Å². The number of hydrogen-bond donors (Lipinski definition) is 1. The van der Waals surface area contributed by atoms with Gasteiger partial charge in [0.2, 0.25) is 11.6 Å². The third-order valence-electron chi connectivity index (χ3n) is 4.64. The van der Waals surface area contributed by atoms with Crippen LogP contribution < -0.4 is 19.7 Å². The molecule has 0 spiro atoms. The molecule has 0 bridgehead atoms. The minimum atomic E-state index is -0.592. The summed E-state index contributed by atoms with van der Waals surface area (Å²) in [7, 11) is 5.81. The molecule has 32 heavy (non-hydrogen) atoms. The van der Waals surface area contributed by atoms with Crippen LogP contribution in [-0.2, 0) is 4.74 Å². The normalized spacial score (nSPS) is 10.2. The maximum absolute atomic E-state index is 12.2. The van der Waals surface area contributed by atoms with Gasteiger partial charge in [0.05, 0.1) is 43.2 Å². The van der Waals surface area contributed by atoms with E-state index in [0.717, 1.165) is 0 Å². The van der Waals surface area contributed by atoms with Gasteiger partial charge in [-0.15, -0.1) is 0 Å². The number of rotatable bonds is 8. The van der Waals surface area contributed by atoms with Crippen molar-refractivity contribution in [3.63, 3.8) is 0 Å². The number of benzene rings is 2. The molecule has 0 aliphatic carbocycles. The van der Waals surface area contributed by atoms with Gasteiger partial charge in [0.25, 0.3) is 0 Å². The number of methoxy groups -OCH3 is 3. The topological polar surface area (TPSA) is 129 Å². The molecule has 0 saturated heterocycles. The molecule has 1 N–H and O–H groups in total. The van der Waals surface area contributed by atoms with Gasteiger partial charge in [-0.1, -0.05) is 12.1 Å². The van der Waals surface area contributed by atoms with Crippen LogP contribution in [0.15, 0.2) is 48.8 Å². The number of ether oxygens (including phenoxy) is 3. The Bertz CT molecular complexity index is 1150. The van der Waals surface area contributed by atoms with E-state index in [1.54, 1.807) is 49.5 Å². The van der Waals surface area contributed by atoms with E-state index < -0.39 is 10.9 Å². The number of para-hydroxylation sites is 1. The molecule has 1 heterocycles. The summed E-state index contributed by atoms with van der Waals surface area (Å²) in [4.78, 5) is 33.2. The summed E-state index contributed by atoms with van der Waals surface area (Å²) in [6, 6.07) is 11.5. The molecular weight excluding hydrogens is 418 g/mol. The second kappa shape index (κ2) is 9.60. The van der Waals surface area contributed by atoms with Crippen LogP contribution in [-0.4, -0.2) is 49.2 Å². The Labute approximate surface area is 183 Å². The van der Waals surface area contributed by atoms with Crippen LogP contribution in [0.3, 0.4) is 0 Å². The third-order valence-corrected chi connectivity index (χ3v) is 4.64. The molecule has 1 aromatic heterocycles. The van der Waals surface area contributed by atoms with Crippen molar-refractivity contribution in [1.29, 1.82) is 0 Å². The molecule has 0 aliphatic rings. The molecule has 0 amide bonds. The number of nitrogens with zero attached hydrogens (tertiary/aromatic N) is 4. The smallest absolute Gasteiger partial charge is 0.354 e. The van der Waals surface area contributed by atoms with E-state index in [9.17, 15) is 14.9 Å². The summed E-state index contributed by atoms with van der Waals surface area (Å²) in [6.07, 6.45) is 1.19. The lowest BCUT2D eigenvalue weighted by Crippen LogP contribution is -2.18. The van der Waals surface area contributed by atoms with Crippen molar-refractivity contribution >= 4 is 34.7 Å². The molecule has 0 radical (unpaired) electrons. The first-order chi connectivity index (χ1) is 15.4. The van der Waals surface area contributed by atoms with E-state index in [2.05, 4.69) is 15.3 Å². The molecule has 11 heteroatoms. The van der Waals surface area contributed by atoms with Crippen molar-refractivity contribution in [2.45, 2.75) is 0 Å². The maximum Gasteiger partial charge on any atom is 0.354 e. The van der Waals surface area contributed by atoms with Gasteiger partial charge in [-0.2, -0.15) is 0 Å². The van der Waals surface area contributed by atoms with Gasteiger partial charge in [0, 0.05) is 13.1 Å². The highest BCUT2D eigenvalue weighted by molar-refractivity contribution is 5.97.